The molecular formula is C32H33BrClN5O3S. The minimum Gasteiger partial charge on any atom is -0.493 e. The molecule has 5 rings (SSSR count). The maximum Gasteiger partial charge on any atom is 0.255 e. The Hall–Kier alpha value is -3.47. The summed E-state index contributed by atoms with van der Waals surface area (Å²) >= 11 is 11.3. The van der Waals surface area contributed by atoms with E-state index in [-0.39, 0.29) is 5.91 Å². The van der Waals surface area contributed by atoms with Crippen molar-refractivity contribution in [3.05, 3.63) is 97.6 Å². The van der Waals surface area contributed by atoms with Crippen molar-refractivity contribution in [3.8, 4) is 11.5 Å². The number of benzene rings is 3. The van der Waals surface area contributed by atoms with Crippen molar-refractivity contribution in [2.75, 3.05) is 23.5 Å². The average Bonchev–Trinajstić information content (AvgIpc) is 3.39. The molecule has 43 heavy (non-hydrogen) atoms. The smallest absolute Gasteiger partial charge is 0.255 e. The van der Waals surface area contributed by atoms with E-state index in [2.05, 4.69) is 33.5 Å². The largest absolute Gasteiger partial charge is 0.493 e. The quantitative estimate of drug-likeness (QED) is 0.163. The van der Waals surface area contributed by atoms with Crippen LogP contribution in [0.2, 0.25) is 5.02 Å². The lowest BCUT2D eigenvalue weighted by molar-refractivity contribution is -0.113. The first kappa shape index (κ1) is 31.0. The van der Waals surface area contributed by atoms with E-state index in [9.17, 15) is 4.79 Å². The number of aromatic nitrogens is 3. The first-order valence-corrected chi connectivity index (χ1v) is 16.0. The molecule has 1 unspecified atom stereocenters. The Morgan fingerprint density at radius 1 is 1.16 bits per heavy atom. The summed E-state index contributed by atoms with van der Waals surface area (Å²) in [7, 11) is 1.60. The van der Waals surface area contributed by atoms with Crippen LogP contribution in [-0.2, 0) is 11.4 Å². The Bertz CT molecular complexity index is 1690. The Morgan fingerprint density at radius 2 is 1.93 bits per heavy atom. The lowest BCUT2D eigenvalue weighted by Crippen LogP contribution is -2.31. The lowest BCUT2D eigenvalue weighted by Gasteiger charge is -2.29. The number of thioether (sulfide) groups is 1. The summed E-state index contributed by atoms with van der Waals surface area (Å²) in [6, 6.07) is 16.6. The number of ether oxygens (including phenoxy) is 2. The first-order chi connectivity index (χ1) is 20.7. The lowest BCUT2D eigenvalue weighted by atomic mass is 9.94. The molecule has 1 atom stereocenters. The Morgan fingerprint density at radius 3 is 2.65 bits per heavy atom. The number of aryl methyl sites for hydroxylation is 1. The van der Waals surface area contributed by atoms with Crippen LogP contribution in [-0.4, -0.2) is 33.5 Å². The highest BCUT2D eigenvalue weighted by Crippen LogP contribution is 2.43. The van der Waals surface area contributed by atoms with Crippen molar-refractivity contribution >= 4 is 56.8 Å². The molecule has 0 saturated heterocycles. The van der Waals surface area contributed by atoms with E-state index in [1.807, 2.05) is 75.4 Å². The number of anilines is 2. The number of fused-ring (bicyclic) bond motifs is 1. The maximum atomic E-state index is 14.1. The molecule has 0 radical (unpaired) electrons. The first-order valence-electron chi connectivity index (χ1n) is 13.9. The van der Waals surface area contributed by atoms with Crippen LogP contribution in [0, 0.1) is 13.8 Å². The molecule has 224 valence electrons. The fourth-order valence-corrected chi connectivity index (χ4v) is 6.22. The zero-order valence-electron chi connectivity index (χ0n) is 24.6. The van der Waals surface area contributed by atoms with Crippen LogP contribution < -0.4 is 20.1 Å². The summed E-state index contributed by atoms with van der Waals surface area (Å²) in [5.41, 5.74) is 5.84. The summed E-state index contributed by atoms with van der Waals surface area (Å²) < 4.78 is 14.4. The van der Waals surface area contributed by atoms with E-state index in [0.29, 0.717) is 50.0 Å². The molecule has 1 aliphatic rings. The average molecular weight is 683 g/mol. The van der Waals surface area contributed by atoms with E-state index in [0.717, 1.165) is 40.1 Å². The van der Waals surface area contributed by atoms with Gasteiger partial charge in [-0.3, -0.25) is 4.79 Å². The minimum absolute atomic E-state index is 0.231. The van der Waals surface area contributed by atoms with Crippen LogP contribution in [0.15, 0.2) is 75.5 Å². The number of hydrogen-bond donors (Lipinski definition) is 2. The van der Waals surface area contributed by atoms with Crippen molar-refractivity contribution in [3.63, 3.8) is 0 Å². The van der Waals surface area contributed by atoms with E-state index >= 15 is 0 Å². The molecule has 0 spiro atoms. The second-order valence-corrected chi connectivity index (χ2v) is 12.6. The molecule has 4 aromatic rings. The van der Waals surface area contributed by atoms with Gasteiger partial charge in [0.2, 0.25) is 11.1 Å². The van der Waals surface area contributed by atoms with Gasteiger partial charge in [-0.15, -0.1) is 5.10 Å². The number of halogens is 2. The highest BCUT2D eigenvalue weighted by molar-refractivity contribution is 9.10. The van der Waals surface area contributed by atoms with Gasteiger partial charge in [-0.2, -0.15) is 4.98 Å². The number of hydrogen-bond acceptors (Lipinski definition) is 7. The van der Waals surface area contributed by atoms with Crippen molar-refractivity contribution in [1.82, 2.24) is 14.8 Å². The van der Waals surface area contributed by atoms with Gasteiger partial charge in [0.25, 0.3) is 5.91 Å². The summed E-state index contributed by atoms with van der Waals surface area (Å²) in [5, 5.41) is 12.6. The third-order valence-corrected chi connectivity index (χ3v) is 9.11. The van der Waals surface area contributed by atoms with Crippen LogP contribution in [0.5, 0.6) is 11.5 Å². The van der Waals surface area contributed by atoms with Gasteiger partial charge in [0.15, 0.2) is 11.5 Å². The topological polar surface area (TPSA) is 90.3 Å². The predicted molar refractivity (Wildman–Crippen MR) is 177 cm³/mol. The van der Waals surface area contributed by atoms with Crippen LogP contribution in [0.3, 0.4) is 0 Å². The number of nitrogens with zero attached hydrogens (tertiary/aromatic N) is 3. The second-order valence-electron chi connectivity index (χ2n) is 10.2. The third kappa shape index (κ3) is 6.71. The Labute approximate surface area is 269 Å². The van der Waals surface area contributed by atoms with Gasteiger partial charge in [-0.25, -0.2) is 4.68 Å². The number of carbonyl (C=O) groups is 1. The second kappa shape index (κ2) is 13.4. The molecule has 1 aromatic heterocycles. The molecule has 11 heteroatoms. The molecule has 2 heterocycles. The van der Waals surface area contributed by atoms with E-state index in [1.54, 1.807) is 23.6 Å². The molecule has 0 fully saturated rings. The number of rotatable bonds is 10. The Balaban J connectivity index is 1.55. The van der Waals surface area contributed by atoms with Gasteiger partial charge in [0.1, 0.15) is 12.6 Å². The molecule has 0 bridgehead atoms. The van der Waals surface area contributed by atoms with Crippen molar-refractivity contribution in [2.24, 2.45) is 0 Å². The zero-order chi connectivity index (χ0) is 30.7. The standard InChI is InChI=1S/C32H33BrClN5O3S/c1-6-14-43-32-37-31-35-20(4)27(30(40)36-25-9-7-8-18(2)19(25)3)28(39(31)38-32)22-15-24(33)29(26(16-22)41-5)42-17-21-10-12-23(34)13-11-21/h7-13,15-16,28H,6,14,17H2,1-5H3,(H,36,40)(H,35,37,38). The van der Waals surface area contributed by atoms with Gasteiger partial charge >= 0.3 is 0 Å². The van der Waals surface area contributed by atoms with Gasteiger partial charge in [-0.05, 0) is 95.7 Å². The highest BCUT2D eigenvalue weighted by Gasteiger charge is 2.35. The predicted octanol–water partition coefficient (Wildman–Crippen LogP) is 8.33. The third-order valence-electron chi connectivity index (χ3n) is 7.23. The summed E-state index contributed by atoms with van der Waals surface area (Å²) in [6.45, 7) is 8.36. The number of carbonyl (C=O) groups excluding carboxylic acids is 1. The van der Waals surface area contributed by atoms with E-state index < -0.39 is 6.04 Å². The highest BCUT2D eigenvalue weighted by atomic mass is 79.9. The summed E-state index contributed by atoms with van der Waals surface area (Å²) in [5.74, 6) is 2.30. The molecule has 2 N–H and O–H groups in total. The van der Waals surface area contributed by atoms with Gasteiger partial charge in [-0.1, -0.05) is 54.6 Å². The summed E-state index contributed by atoms with van der Waals surface area (Å²) in [4.78, 5) is 18.8. The normalized spacial score (nSPS) is 14.3. The van der Waals surface area contributed by atoms with Crippen LogP contribution >= 0.6 is 39.3 Å². The SMILES string of the molecule is CCCSc1nc2n(n1)C(c1cc(Br)c(OCc3ccc(Cl)cc3)c(OC)c1)C(C(=O)Nc1cccc(C)c1C)=C(C)N2. The fourth-order valence-electron chi connectivity index (χ4n) is 4.84. The van der Waals surface area contributed by atoms with Crippen molar-refractivity contribution < 1.29 is 14.3 Å². The molecule has 3 aromatic carbocycles. The number of methoxy groups -OCH3 is 1. The molecular weight excluding hydrogens is 650 g/mol. The van der Waals surface area contributed by atoms with E-state index in [4.69, 9.17) is 31.2 Å². The maximum absolute atomic E-state index is 14.1. The molecule has 1 amide bonds. The van der Waals surface area contributed by atoms with Gasteiger partial charge < -0.3 is 20.1 Å². The van der Waals surface area contributed by atoms with Gasteiger partial charge in [0, 0.05) is 22.2 Å². The number of allylic oxidation sites excluding steroid dienone is 1. The van der Waals surface area contributed by atoms with Crippen LogP contribution in [0.4, 0.5) is 11.6 Å². The Kier molecular flexibility index (Phi) is 9.68. The minimum atomic E-state index is -0.583. The van der Waals surface area contributed by atoms with Crippen molar-refractivity contribution in [1.29, 1.82) is 0 Å². The molecule has 0 saturated carbocycles. The monoisotopic (exact) mass is 681 g/mol. The number of amides is 1. The summed E-state index contributed by atoms with van der Waals surface area (Å²) in [6.07, 6.45) is 0.994. The van der Waals surface area contributed by atoms with Gasteiger partial charge in [0.05, 0.1) is 17.2 Å². The number of nitrogens with one attached hydrogen (secondary N) is 2. The molecule has 0 aliphatic carbocycles. The van der Waals surface area contributed by atoms with Crippen LogP contribution in [0.1, 0.15) is 48.6 Å². The van der Waals surface area contributed by atoms with E-state index in [1.165, 1.54) is 0 Å². The molecule has 1 aliphatic heterocycles. The molecule has 8 nitrogen and oxygen atoms in total. The van der Waals surface area contributed by atoms with Crippen molar-refractivity contribution in [2.45, 2.75) is 51.9 Å². The van der Waals surface area contributed by atoms with Crippen LogP contribution in [0.25, 0.3) is 0 Å². The fraction of sp³-hybridized carbons (Fsp3) is 0.281. The zero-order valence-corrected chi connectivity index (χ0v) is 27.8.